The average Bonchev–Trinajstić information content (AvgIpc) is 3.13. The van der Waals surface area contributed by atoms with Gasteiger partial charge in [0, 0.05) is 32.2 Å². The van der Waals surface area contributed by atoms with E-state index in [0.717, 1.165) is 36.8 Å². The molecule has 2 aromatic rings. The van der Waals surface area contributed by atoms with Crippen LogP contribution in [-0.4, -0.2) is 57.2 Å². The van der Waals surface area contributed by atoms with Crippen molar-refractivity contribution in [2.24, 2.45) is 0 Å². The molecule has 1 saturated heterocycles. The lowest BCUT2D eigenvalue weighted by Crippen LogP contribution is -2.33. The van der Waals surface area contributed by atoms with Gasteiger partial charge in [-0.05, 0) is 50.9 Å². The summed E-state index contributed by atoms with van der Waals surface area (Å²) in [6.07, 6.45) is 2.38. The molecule has 1 aromatic carbocycles. The van der Waals surface area contributed by atoms with Crippen LogP contribution in [0, 0.1) is 13.8 Å². The van der Waals surface area contributed by atoms with Gasteiger partial charge >= 0.3 is 0 Å². The fourth-order valence-electron chi connectivity index (χ4n) is 3.54. The molecule has 6 nitrogen and oxygen atoms in total. The highest BCUT2D eigenvalue weighted by Crippen LogP contribution is 2.22. The first-order chi connectivity index (χ1) is 11.9. The molecule has 0 N–H and O–H groups in total. The van der Waals surface area contributed by atoms with Crippen molar-refractivity contribution >= 4 is 5.91 Å². The summed E-state index contributed by atoms with van der Waals surface area (Å²) in [6.45, 7) is 6.77. The molecule has 1 aliphatic heterocycles. The second-order valence-electron chi connectivity index (χ2n) is 7.05. The first-order valence-corrected chi connectivity index (χ1v) is 8.86. The Labute approximate surface area is 149 Å². The molecule has 25 heavy (non-hydrogen) atoms. The zero-order valence-corrected chi connectivity index (χ0v) is 15.6. The van der Waals surface area contributed by atoms with Gasteiger partial charge in [0.05, 0.1) is 6.54 Å². The van der Waals surface area contributed by atoms with Crippen LogP contribution in [0.4, 0.5) is 0 Å². The van der Waals surface area contributed by atoms with E-state index >= 15 is 0 Å². The second-order valence-corrected chi connectivity index (χ2v) is 7.05. The Morgan fingerprint density at radius 2 is 2.12 bits per heavy atom. The Kier molecular flexibility index (Phi) is 5.18. The molecule has 0 bridgehead atoms. The Bertz CT molecular complexity index is 752. The van der Waals surface area contributed by atoms with Gasteiger partial charge in [0.2, 0.25) is 0 Å². The van der Waals surface area contributed by atoms with Crippen molar-refractivity contribution in [2.75, 3.05) is 20.6 Å². The van der Waals surface area contributed by atoms with Crippen LogP contribution >= 0.6 is 0 Å². The van der Waals surface area contributed by atoms with Crippen molar-refractivity contribution in [3.05, 3.63) is 47.0 Å². The number of likely N-dealkylation sites (tertiary alicyclic amines) is 1. The molecule has 1 aliphatic rings. The van der Waals surface area contributed by atoms with E-state index in [1.807, 2.05) is 36.7 Å². The molecule has 2 heterocycles. The lowest BCUT2D eigenvalue weighted by Gasteiger charge is -2.25. The third-order valence-electron chi connectivity index (χ3n) is 4.81. The van der Waals surface area contributed by atoms with Gasteiger partial charge < -0.3 is 4.90 Å². The van der Waals surface area contributed by atoms with Crippen molar-refractivity contribution in [3.8, 4) is 0 Å². The summed E-state index contributed by atoms with van der Waals surface area (Å²) in [5.41, 5.74) is 1.94. The summed E-state index contributed by atoms with van der Waals surface area (Å²) < 4.78 is 2.02. The number of benzene rings is 1. The minimum atomic E-state index is 0.0496. The molecule has 0 saturated carbocycles. The number of rotatable bonds is 5. The maximum atomic E-state index is 12.2. The molecule has 1 fully saturated rings. The van der Waals surface area contributed by atoms with Gasteiger partial charge in [-0.3, -0.25) is 9.69 Å². The summed E-state index contributed by atoms with van der Waals surface area (Å²) in [5, 5.41) is 4.50. The van der Waals surface area contributed by atoms with E-state index in [1.165, 1.54) is 18.4 Å². The molecule has 0 unspecified atom stereocenters. The Morgan fingerprint density at radius 1 is 1.32 bits per heavy atom. The lowest BCUT2D eigenvalue weighted by molar-refractivity contribution is 0.0827. The molecule has 1 aromatic heterocycles. The predicted molar refractivity (Wildman–Crippen MR) is 97.4 cm³/mol. The van der Waals surface area contributed by atoms with Gasteiger partial charge in [-0.25, -0.2) is 9.67 Å². The highest BCUT2D eigenvalue weighted by Gasteiger charge is 2.26. The maximum Gasteiger partial charge on any atom is 0.253 e. The molecule has 3 rings (SSSR count). The minimum absolute atomic E-state index is 0.0496. The molecule has 0 radical (unpaired) electrons. The van der Waals surface area contributed by atoms with Crippen LogP contribution in [0.1, 0.15) is 40.4 Å². The average molecular weight is 341 g/mol. The number of hydrogen-bond acceptors (Lipinski definition) is 4. The molecular weight excluding hydrogens is 314 g/mol. The van der Waals surface area contributed by atoms with E-state index in [1.54, 1.807) is 19.0 Å². The van der Waals surface area contributed by atoms with Crippen LogP contribution in [0.2, 0.25) is 0 Å². The van der Waals surface area contributed by atoms with Gasteiger partial charge in [-0.15, -0.1) is 0 Å². The second kappa shape index (κ2) is 7.35. The van der Waals surface area contributed by atoms with Gasteiger partial charge in [0.25, 0.3) is 5.91 Å². The van der Waals surface area contributed by atoms with Crippen molar-refractivity contribution in [2.45, 2.75) is 45.8 Å². The molecule has 1 amide bonds. The molecule has 6 heteroatoms. The topological polar surface area (TPSA) is 54.3 Å². The van der Waals surface area contributed by atoms with Crippen molar-refractivity contribution in [3.63, 3.8) is 0 Å². The van der Waals surface area contributed by atoms with Crippen LogP contribution in [0.25, 0.3) is 0 Å². The number of carbonyl (C=O) groups is 1. The van der Waals surface area contributed by atoms with Crippen molar-refractivity contribution in [1.29, 1.82) is 0 Å². The first kappa shape index (κ1) is 17.6. The molecule has 0 aliphatic carbocycles. The molecule has 1 atom stereocenters. The SMILES string of the molecule is Cc1nc(C)n(C[C@@H]2CCCN2Cc2cccc(C(=O)N(C)C)c2)n1. The number of carbonyl (C=O) groups excluding carboxylic acids is 1. The van der Waals surface area contributed by atoms with Gasteiger partial charge in [0.15, 0.2) is 0 Å². The zero-order chi connectivity index (χ0) is 18.0. The smallest absolute Gasteiger partial charge is 0.253 e. The fraction of sp³-hybridized carbons (Fsp3) is 0.526. The number of aromatic nitrogens is 3. The minimum Gasteiger partial charge on any atom is -0.345 e. The van der Waals surface area contributed by atoms with Gasteiger partial charge in [-0.2, -0.15) is 5.10 Å². The molecule has 0 spiro atoms. The van der Waals surface area contributed by atoms with Crippen LogP contribution in [0.3, 0.4) is 0 Å². The van der Waals surface area contributed by atoms with Crippen LogP contribution in [0.5, 0.6) is 0 Å². The maximum absolute atomic E-state index is 12.2. The highest BCUT2D eigenvalue weighted by atomic mass is 16.2. The first-order valence-electron chi connectivity index (χ1n) is 8.86. The monoisotopic (exact) mass is 341 g/mol. The number of hydrogen-bond donors (Lipinski definition) is 0. The van der Waals surface area contributed by atoms with Crippen LogP contribution in [0.15, 0.2) is 24.3 Å². The van der Waals surface area contributed by atoms with Crippen molar-refractivity contribution in [1.82, 2.24) is 24.6 Å². The third-order valence-corrected chi connectivity index (χ3v) is 4.81. The summed E-state index contributed by atoms with van der Waals surface area (Å²) in [6, 6.07) is 8.44. The Balaban J connectivity index is 1.70. The summed E-state index contributed by atoms with van der Waals surface area (Å²) in [4.78, 5) is 20.7. The van der Waals surface area contributed by atoms with Crippen LogP contribution < -0.4 is 0 Å². The van der Waals surface area contributed by atoms with Gasteiger partial charge in [0.1, 0.15) is 11.6 Å². The van der Waals surface area contributed by atoms with E-state index in [-0.39, 0.29) is 5.91 Å². The summed E-state index contributed by atoms with van der Waals surface area (Å²) in [5.74, 6) is 1.86. The Hall–Kier alpha value is -2.21. The van der Waals surface area contributed by atoms with Crippen molar-refractivity contribution < 1.29 is 4.79 Å². The van der Waals surface area contributed by atoms with Gasteiger partial charge in [-0.1, -0.05) is 12.1 Å². The van der Waals surface area contributed by atoms with E-state index in [9.17, 15) is 4.79 Å². The number of nitrogens with zero attached hydrogens (tertiary/aromatic N) is 5. The van der Waals surface area contributed by atoms with E-state index in [2.05, 4.69) is 21.0 Å². The van der Waals surface area contributed by atoms with E-state index < -0.39 is 0 Å². The van der Waals surface area contributed by atoms with E-state index in [0.29, 0.717) is 6.04 Å². The quantitative estimate of drug-likeness (QED) is 0.837. The van der Waals surface area contributed by atoms with E-state index in [4.69, 9.17) is 0 Å². The molecular formula is C19H27N5O. The number of aryl methyl sites for hydroxylation is 2. The lowest BCUT2D eigenvalue weighted by atomic mass is 10.1. The normalized spacial score (nSPS) is 17.8. The zero-order valence-electron chi connectivity index (χ0n) is 15.6. The largest absolute Gasteiger partial charge is 0.345 e. The number of amides is 1. The summed E-state index contributed by atoms with van der Waals surface area (Å²) in [7, 11) is 3.57. The third kappa shape index (κ3) is 4.07. The standard InChI is InChI=1S/C19H27N5O/c1-14-20-15(2)24(21-14)13-18-9-6-10-23(18)12-16-7-5-8-17(11-16)19(25)22(3)4/h5,7-8,11,18H,6,9-10,12-13H2,1-4H3/t18-/m0/s1. The predicted octanol–water partition coefficient (Wildman–Crippen LogP) is 2.26. The van der Waals surface area contributed by atoms with Crippen LogP contribution in [-0.2, 0) is 13.1 Å². The highest BCUT2D eigenvalue weighted by molar-refractivity contribution is 5.94. The fourth-order valence-corrected chi connectivity index (χ4v) is 3.54. The summed E-state index contributed by atoms with van der Waals surface area (Å²) >= 11 is 0. The Morgan fingerprint density at radius 3 is 2.80 bits per heavy atom. The molecule has 134 valence electrons.